The molecule has 0 aliphatic carbocycles. The largest absolute Gasteiger partial charge is 0.342 e. The summed E-state index contributed by atoms with van der Waals surface area (Å²) in [5.41, 5.74) is 7.29. The van der Waals surface area contributed by atoms with E-state index < -0.39 is 0 Å². The Kier molecular flexibility index (Phi) is 2.87. The Bertz CT molecular complexity index is 491. The molecule has 0 aliphatic heterocycles. The summed E-state index contributed by atoms with van der Waals surface area (Å²) in [7, 11) is 0. The second kappa shape index (κ2) is 4.00. The van der Waals surface area contributed by atoms with Crippen molar-refractivity contribution in [3.63, 3.8) is 0 Å². The molecule has 3 nitrogen and oxygen atoms in total. The van der Waals surface area contributed by atoms with Crippen molar-refractivity contribution in [3.8, 4) is 0 Å². The van der Waals surface area contributed by atoms with Crippen molar-refractivity contribution >= 4 is 34.2 Å². The number of H-pyrrole nitrogens is 1. The number of rotatable bonds is 2. The van der Waals surface area contributed by atoms with Gasteiger partial charge in [0, 0.05) is 17.5 Å². The molecule has 0 saturated carbocycles. The molecule has 1 aromatic heterocycles. The van der Waals surface area contributed by atoms with Crippen LogP contribution >= 0.6 is 23.2 Å². The number of nitrogens with one attached hydrogen (secondary N) is 1. The first kappa shape index (κ1) is 10.7. The molecule has 0 spiro atoms. The lowest BCUT2D eigenvalue weighted by atomic mass is 10.2. The molecule has 1 aromatic carbocycles. The fourth-order valence-electron chi connectivity index (χ4n) is 1.49. The highest BCUT2D eigenvalue weighted by atomic mass is 35.5. The van der Waals surface area contributed by atoms with Crippen LogP contribution in [0.15, 0.2) is 12.1 Å². The van der Waals surface area contributed by atoms with Crippen molar-refractivity contribution in [2.45, 2.75) is 19.4 Å². The van der Waals surface area contributed by atoms with Gasteiger partial charge in [-0.2, -0.15) is 0 Å². The standard InChI is InChI=1S/C10H11Cl2N3/c1-5(13)2-9-14-8-4-6(11)3-7(12)10(8)15-9/h3-5H,2,13H2,1H3,(H,14,15). The Labute approximate surface area is 97.6 Å². The van der Waals surface area contributed by atoms with E-state index in [2.05, 4.69) is 9.97 Å². The summed E-state index contributed by atoms with van der Waals surface area (Å²) in [5.74, 6) is 0.837. The number of aromatic nitrogens is 2. The topological polar surface area (TPSA) is 54.7 Å². The number of nitrogens with two attached hydrogens (primary N) is 1. The average Bonchev–Trinajstić information content (AvgIpc) is 2.45. The van der Waals surface area contributed by atoms with E-state index in [9.17, 15) is 0 Å². The van der Waals surface area contributed by atoms with Crippen LogP contribution in [0.4, 0.5) is 0 Å². The molecule has 5 heteroatoms. The van der Waals surface area contributed by atoms with Gasteiger partial charge in [0.2, 0.25) is 0 Å². The van der Waals surface area contributed by atoms with Crippen molar-refractivity contribution in [2.75, 3.05) is 0 Å². The third-order valence-corrected chi connectivity index (χ3v) is 2.58. The Morgan fingerprint density at radius 3 is 2.87 bits per heavy atom. The molecular formula is C10H11Cl2N3. The first-order valence-electron chi connectivity index (χ1n) is 4.65. The second-order valence-electron chi connectivity index (χ2n) is 3.65. The molecule has 0 fully saturated rings. The molecule has 2 rings (SSSR count). The monoisotopic (exact) mass is 243 g/mol. The van der Waals surface area contributed by atoms with E-state index in [1.165, 1.54) is 0 Å². The maximum absolute atomic E-state index is 6.01. The Morgan fingerprint density at radius 2 is 2.20 bits per heavy atom. The molecule has 1 heterocycles. The van der Waals surface area contributed by atoms with Gasteiger partial charge < -0.3 is 10.7 Å². The quantitative estimate of drug-likeness (QED) is 0.853. The van der Waals surface area contributed by atoms with Crippen LogP contribution in [0.3, 0.4) is 0 Å². The molecule has 0 amide bonds. The van der Waals surface area contributed by atoms with E-state index in [1.54, 1.807) is 12.1 Å². The van der Waals surface area contributed by atoms with Crippen LogP contribution in [0, 0.1) is 0 Å². The molecule has 1 unspecified atom stereocenters. The zero-order valence-electron chi connectivity index (χ0n) is 8.22. The zero-order chi connectivity index (χ0) is 11.0. The molecular weight excluding hydrogens is 233 g/mol. The Balaban J connectivity index is 2.50. The van der Waals surface area contributed by atoms with Crippen LogP contribution in [-0.4, -0.2) is 16.0 Å². The first-order valence-corrected chi connectivity index (χ1v) is 5.41. The number of fused-ring (bicyclic) bond motifs is 1. The number of imidazole rings is 1. The van der Waals surface area contributed by atoms with Gasteiger partial charge >= 0.3 is 0 Å². The molecule has 0 aliphatic rings. The van der Waals surface area contributed by atoms with E-state index in [-0.39, 0.29) is 6.04 Å². The van der Waals surface area contributed by atoms with Crippen LogP contribution < -0.4 is 5.73 Å². The van der Waals surface area contributed by atoms with Gasteiger partial charge in [0.05, 0.1) is 10.5 Å². The predicted octanol–water partition coefficient (Wildman–Crippen LogP) is 2.76. The summed E-state index contributed by atoms with van der Waals surface area (Å²) in [4.78, 5) is 7.52. The number of aromatic amines is 1. The van der Waals surface area contributed by atoms with Crippen LogP contribution in [-0.2, 0) is 6.42 Å². The molecule has 0 bridgehead atoms. The Hall–Kier alpha value is -0.770. The van der Waals surface area contributed by atoms with Gasteiger partial charge in [-0.05, 0) is 19.1 Å². The SMILES string of the molecule is CC(N)Cc1nc2c(Cl)cc(Cl)cc2[nH]1. The van der Waals surface area contributed by atoms with E-state index in [0.717, 1.165) is 16.9 Å². The van der Waals surface area contributed by atoms with Crippen molar-refractivity contribution < 1.29 is 0 Å². The molecule has 2 aromatic rings. The average molecular weight is 244 g/mol. The fraction of sp³-hybridized carbons (Fsp3) is 0.300. The second-order valence-corrected chi connectivity index (χ2v) is 4.49. The minimum absolute atomic E-state index is 0.0693. The van der Waals surface area contributed by atoms with E-state index in [1.807, 2.05) is 6.92 Å². The summed E-state index contributed by atoms with van der Waals surface area (Å²) in [5, 5.41) is 1.16. The lowest BCUT2D eigenvalue weighted by Crippen LogP contribution is -2.18. The van der Waals surface area contributed by atoms with Gasteiger partial charge in [0.1, 0.15) is 11.3 Å². The van der Waals surface area contributed by atoms with Crippen LogP contribution in [0.25, 0.3) is 11.0 Å². The first-order chi connectivity index (χ1) is 7.06. The summed E-state index contributed by atoms with van der Waals surface area (Å²) in [6.07, 6.45) is 0.697. The van der Waals surface area contributed by atoms with Crippen LogP contribution in [0.2, 0.25) is 10.0 Å². The molecule has 0 radical (unpaired) electrons. The van der Waals surface area contributed by atoms with Crippen LogP contribution in [0.5, 0.6) is 0 Å². The van der Waals surface area contributed by atoms with Gasteiger partial charge in [0.25, 0.3) is 0 Å². The summed E-state index contributed by atoms with van der Waals surface area (Å²) in [6.45, 7) is 1.93. The maximum Gasteiger partial charge on any atom is 0.108 e. The highest BCUT2D eigenvalue weighted by Crippen LogP contribution is 2.26. The molecule has 80 valence electrons. The molecule has 15 heavy (non-hydrogen) atoms. The highest BCUT2D eigenvalue weighted by Gasteiger charge is 2.08. The summed E-state index contributed by atoms with van der Waals surface area (Å²) >= 11 is 11.9. The van der Waals surface area contributed by atoms with Gasteiger partial charge in [0.15, 0.2) is 0 Å². The van der Waals surface area contributed by atoms with E-state index >= 15 is 0 Å². The predicted molar refractivity (Wildman–Crippen MR) is 63.5 cm³/mol. The van der Waals surface area contributed by atoms with Gasteiger partial charge in [-0.15, -0.1) is 0 Å². The normalized spacial score (nSPS) is 13.3. The minimum Gasteiger partial charge on any atom is -0.342 e. The number of halogens is 2. The summed E-state index contributed by atoms with van der Waals surface area (Å²) in [6, 6.07) is 3.56. The van der Waals surface area contributed by atoms with Gasteiger partial charge in [-0.25, -0.2) is 4.98 Å². The zero-order valence-corrected chi connectivity index (χ0v) is 9.73. The summed E-state index contributed by atoms with van der Waals surface area (Å²) < 4.78 is 0. The van der Waals surface area contributed by atoms with E-state index in [4.69, 9.17) is 28.9 Å². The third-order valence-electron chi connectivity index (χ3n) is 2.07. The van der Waals surface area contributed by atoms with Crippen molar-refractivity contribution in [1.82, 2.24) is 9.97 Å². The highest BCUT2D eigenvalue weighted by molar-refractivity contribution is 6.38. The van der Waals surface area contributed by atoms with Gasteiger partial charge in [-0.1, -0.05) is 23.2 Å². The minimum atomic E-state index is 0.0693. The van der Waals surface area contributed by atoms with Gasteiger partial charge in [-0.3, -0.25) is 0 Å². The van der Waals surface area contributed by atoms with Crippen molar-refractivity contribution in [1.29, 1.82) is 0 Å². The molecule has 1 atom stereocenters. The number of hydrogen-bond donors (Lipinski definition) is 2. The lowest BCUT2D eigenvalue weighted by molar-refractivity contribution is 0.712. The van der Waals surface area contributed by atoms with Crippen molar-refractivity contribution in [3.05, 3.63) is 28.0 Å². The number of nitrogens with zero attached hydrogens (tertiary/aromatic N) is 1. The molecule has 3 N–H and O–H groups in total. The smallest absolute Gasteiger partial charge is 0.108 e. The number of hydrogen-bond acceptors (Lipinski definition) is 2. The Morgan fingerprint density at radius 1 is 1.47 bits per heavy atom. The third kappa shape index (κ3) is 2.25. The lowest BCUT2D eigenvalue weighted by Gasteiger charge is -1.98. The van der Waals surface area contributed by atoms with Crippen LogP contribution in [0.1, 0.15) is 12.7 Å². The van der Waals surface area contributed by atoms with E-state index in [0.29, 0.717) is 16.5 Å². The van der Waals surface area contributed by atoms with Crippen molar-refractivity contribution in [2.24, 2.45) is 5.73 Å². The molecule has 0 saturated heterocycles. The fourth-order valence-corrected chi connectivity index (χ4v) is 2.03. The number of benzene rings is 1. The maximum atomic E-state index is 6.01.